The van der Waals surface area contributed by atoms with E-state index in [0.717, 1.165) is 18.4 Å². The molecule has 0 N–H and O–H groups in total. The number of fused-ring (bicyclic) bond motifs is 1. The number of hydrogen-bond acceptors (Lipinski definition) is 3. The predicted octanol–water partition coefficient (Wildman–Crippen LogP) is 3.64. The van der Waals surface area contributed by atoms with E-state index in [9.17, 15) is 9.59 Å². The zero-order chi connectivity index (χ0) is 13.3. The summed E-state index contributed by atoms with van der Waals surface area (Å²) in [5.41, 5.74) is 2.64. The molecule has 0 saturated carbocycles. The highest BCUT2D eigenvalue weighted by molar-refractivity contribution is 6.14. The number of carbonyl (C=O) groups is 2. The van der Waals surface area contributed by atoms with Gasteiger partial charge in [0.15, 0.2) is 11.5 Å². The lowest BCUT2D eigenvalue weighted by Crippen LogP contribution is -2.10. The summed E-state index contributed by atoms with van der Waals surface area (Å²) in [6.07, 6.45) is 5.11. The van der Waals surface area contributed by atoms with E-state index in [2.05, 4.69) is 6.58 Å². The molecule has 0 atom stereocenters. The monoisotopic (exact) mass is 244 g/mol. The van der Waals surface area contributed by atoms with Crippen LogP contribution in [0.5, 0.6) is 0 Å². The second kappa shape index (κ2) is 4.77. The maximum atomic E-state index is 12.2. The fourth-order valence-corrected chi connectivity index (χ4v) is 2.13. The van der Waals surface area contributed by atoms with Crippen LogP contribution in [0, 0.1) is 6.92 Å². The molecule has 3 heteroatoms. The fraction of sp³-hybridized carbons (Fsp3) is 0.333. The normalized spacial score (nSPS) is 17.4. The van der Waals surface area contributed by atoms with Gasteiger partial charge in [0.1, 0.15) is 0 Å². The van der Waals surface area contributed by atoms with Crippen LogP contribution in [0.4, 0.5) is 0 Å². The van der Waals surface area contributed by atoms with Gasteiger partial charge in [-0.05, 0) is 37.8 Å². The Labute approximate surface area is 106 Å². The fourth-order valence-electron chi connectivity index (χ4n) is 2.13. The second-order valence-electron chi connectivity index (χ2n) is 4.73. The van der Waals surface area contributed by atoms with Gasteiger partial charge >= 0.3 is 0 Å². The molecule has 2 rings (SSSR count). The SMILES string of the molecule is C=C1CCC=C(C)C(=O)c2occ(C)c2C(=O)C1. The summed E-state index contributed by atoms with van der Waals surface area (Å²) in [6.45, 7) is 7.43. The molecule has 0 amide bonds. The quantitative estimate of drug-likeness (QED) is 0.654. The van der Waals surface area contributed by atoms with E-state index in [-0.39, 0.29) is 23.7 Å². The van der Waals surface area contributed by atoms with Gasteiger partial charge in [-0.1, -0.05) is 18.2 Å². The highest BCUT2D eigenvalue weighted by Crippen LogP contribution is 2.25. The molecule has 1 aliphatic carbocycles. The van der Waals surface area contributed by atoms with E-state index >= 15 is 0 Å². The van der Waals surface area contributed by atoms with Crippen molar-refractivity contribution in [3.05, 3.63) is 47.0 Å². The number of ketones is 2. The Morgan fingerprint density at radius 3 is 2.72 bits per heavy atom. The van der Waals surface area contributed by atoms with Crippen molar-refractivity contribution in [2.24, 2.45) is 0 Å². The first-order valence-electron chi connectivity index (χ1n) is 6.00. The molecule has 1 aromatic rings. The van der Waals surface area contributed by atoms with Crippen molar-refractivity contribution in [3.63, 3.8) is 0 Å². The Bertz CT molecular complexity index is 558. The van der Waals surface area contributed by atoms with Crippen LogP contribution in [0.25, 0.3) is 0 Å². The van der Waals surface area contributed by atoms with Gasteiger partial charge in [0.2, 0.25) is 5.78 Å². The summed E-state index contributed by atoms with van der Waals surface area (Å²) in [6, 6.07) is 0. The third-order valence-electron chi connectivity index (χ3n) is 3.18. The van der Waals surface area contributed by atoms with Crippen molar-refractivity contribution < 1.29 is 14.0 Å². The maximum absolute atomic E-state index is 12.2. The molecular weight excluding hydrogens is 228 g/mol. The molecular formula is C15H16O3. The van der Waals surface area contributed by atoms with Gasteiger partial charge in [-0.25, -0.2) is 0 Å². The molecule has 0 spiro atoms. The van der Waals surface area contributed by atoms with Crippen LogP contribution in [-0.4, -0.2) is 11.6 Å². The van der Waals surface area contributed by atoms with Gasteiger partial charge in [-0.2, -0.15) is 0 Å². The van der Waals surface area contributed by atoms with Gasteiger partial charge in [0, 0.05) is 6.42 Å². The topological polar surface area (TPSA) is 47.3 Å². The summed E-state index contributed by atoms with van der Waals surface area (Å²) in [5.74, 6) is -0.107. The van der Waals surface area contributed by atoms with Crippen LogP contribution < -0.4 is 0 Å². The second-order valence-corrected chi connectivity index (χ2v) is 4.73. The highest BCUT2D eigenvalue weighted by Gasteiger charge is 2.25. The van der Waals surface area contributed by atoms with E-state index in [1.165, 1.54) is 6.26 Å². The number of furan rings is 1. The van der Waals surface area contributed by atoms with Gasteiger partial charge < -0.3 is 4.42 Å². The molecule has 0 aliphatic heterocycles. The molecule has 0 radical (unpaired) electrons. The Morgan fingerprint density at radius 2 is 2.00 bits per heavy atom. The molecule has 3 nitrogen and oxygen atoms in total. The summed E-state index contributed by atoms with van der Waals surface area (Å²) in [5, 5.41) is 0. The van der Waals surface area contributed by atoms with Crippen LogP contribution in [0.3, 0.4) is 0 Å². The molecule has 0 fully saturated rings. The van der Waals surface area contributed by atoms with Crippen LogP contribution in [0.2, 0.25) is 0 Å². The Hall–Kier alpha value is -1.90. The number of hydrogen-bond donors (Lipinski definition) is 0. The van der Waals surface area contributed by atoms with Crippen molar-refractivity contribution in [2.75, 3.05) is 0 Å². The van der Waals surface area contributed by atoms with E-state index in [0.29, 0.717) is 16.7 Å². The lowest BCUT2D eigenvalue weighted by atomic mass is 9.94. The minimum atomic E-state index is -0.195. The van der Waals surface area contributed by atoms with Gasteiger partial charge in [-0.3, -0.25) is 9.59 Å². The summed E-state index contributed by atoms with van der Waals surface area (Å²) in [4.78, 5) is 24.3. The van der Waals surface area contributed by atoms with E-state index in [1.807, 2.05) is 6.08 Å². The molecule has 1 aromatic heterocycles. The molecule has 0 bridgehead atoms. The van der Waals surface area contributed by atoms with Crippen molar-refractivity contribution in [3.8, 4) is 0 Å². The summed E-state index contributed by atoms with van der Waals surface area (Å²) in [7, 11) is 0. The molecule has 0 saturated heterocycles. The Kier molecular flexibility index (Phi) is 3.32. The van der Waals surface area contributed by atoms with Crippen LogP contribution in [0.15, 0.2) is 34.5 Å². The van der Waals surface area contributed by atoms with Gasteiger partial charge in [0.25, 0.3) is 0 Å². The summed E-state index contributed by atoms with van der Waals surface area (Å²) < 4.78 is 5.27. The van der Waals surface area contributed by atoms with Crippen LogP contribution in [0.1, 0.15) is 52.7 Å². The Balaban J connectivity index is 2.55. The van der Waals surface area contributed by atoms with Crippen molar-refractivity contribution >= 4 is 11.6 Å². The molecule has 0 unspecified atom stereocenters. The molecule has 94 valence electrons. The first-order valence-corrected chi connectivity index (χ1v) is 6.00. The van der Waals surface area contributed by atoms with Crippen molar-refractivity contribution in [1.29, 1.82) is 0 Å². The standard InChI is InChI=1S/C15H16O3/c1-9-5-4-6-10(2)14(17)15-13(12(16)7-9)11(3)8-18-15/h6,8H,1,4-5,7H2,2-3H3. The number of carbonyl (C=O) groups excluding carboxylic acids is 2. The number of aryl methyl sites for hydroxylation is 1. The van der Waals surface area contributed by atoms with E-state index < -0.39 is 0 Å². The van der Waals surface area contributed by atoms with Crippen LogP contribution in [-0.2, 0) is 0 Å². The summed E-state index contributed by atoms with van der Waals surface area (Å²) >= 11 is 0. The smallest absolute Gasteiger partial charge is 0.224 e. The molecule has 0 aromatic carbocycles. The average Bonchev–Trinajstić information content (AvgIpc) is 2.69. The number of rotatable bonds is 0. The number of allylic oxidation sites excluding steroid dienone is 3. The van der Waals surface area contributed by atoms with Crippen LogP contribution >= 0.6 is 0 Å². The minimum Gasteiger partial charge on any atom is -0.460 e. The number of Topliss-reactive ketones (excluding diaryl/α,β-unsaturated/α-hetero) is 2. The zero-order valence-corrected chi connectivity index (χ0v) is 10.7. The first kappa shape index (κ1) is 12.6. The molecule has 1 heterocycles. The maximum Gasteiger partial charge on any atom is 0.224 e. The van der Waals surface area contributed by atoms with E-state index in [4.69, 9.17) is 4.42 Å². The highest BCUT2D eigenvalue weighted by atomic mass is 16.3. The molecule has 1 aliphatic rings. The predicted molar refractivity (Wildman–Crippen MR) is 68.9 cm³/mol. The third kappa shape index (κ3) is 2.21. The minimum absolute atomic E-state index is 0.0794. The average molecular weight is 244 g/mol. The third-order valence-corrected chi connectivity index (χ3v) is 3.18. The largest absolute Gasteiger partial charge is 0.460 e. The van der Waals surface area contributed by atoms with Gasteiger partial charge in [-0.15, -0.1) is 0 Å². The Morgan fingerprint density at radius 1 is 1.28 bits per heavy atom. The first-order chi connectivity index (χ1) is 8.50. The zero-order valence-electron chi connectivity index (χ0n) is 10.7. The van der Waals surface area contributed by atoms with E-state index in [1.54, 1.807) is 13.8 Å². The van der Waals surface area contributed by atoms with Crippen molar-refractivity contribution in [2.45, 2.75) is 33.1 Å². The lowest BCUT2D eigenvalue weighted by molar-refractivity contribution is 0.0960. The van der Waals surface area contributed by atoms with Gasteiger partial charge in [0.05, 0.1) is 11.8 Å². The van der Waals surface area contributed by atoms with Crippen molar-refractivity contribution in [1.82, 2.24) is 0 Å². The lowest BCUT2D eigenvalue weighted by Gasteiger charge is -2.08. The molecule has 18 heavy (non-hydrogen) atoms.